The Morgan fingerprint density at radius 2 is 1.52 bits per heavy atom. The smallest absolute Gasteiger partial charge is 0.356 e. The summed E-state index contributed by atoms with van der Waals surface area (Å²) in [7, 11) is -8.93. The first-order chi connectivity index (χ1) is 14.4. The number of H-pyrrole nitrogens is 1. The highest BCUT2D eigenvalue weighted by atomic mass is 32.2. The van der Waals surface area contributed by atoms with Gasteiger partial charge in [0, 0.05) is 0 Å². The van der Waals surface area contributed by atoms with Crippen LogP contribution in [-0.2, 0) is 20.2 Å². The zero-order valence-corrected chi connectivity index (χ0v) is 16.8. The van der Waals surface area contributed by atoms with E-state index in [1.807, 2.05) is 0 Å². The number of rotatable bonds is 7. The van der Waals surface area contributed by atoms with Crippen LogP contribution in [0.4, 0.5) is 11.4 Å². The van der Waals surface area contributed by atoms with E-state index in [-0.39, 0.29) is 11.4 Å². The van der Waals surface area contributed by atoms with Crippen LogP contribution in [0.5, 0.6) is 0 Å². The topological polar surface area (TPSA) is 208 Å². The normalized spacial score (nSPS) is 11.8. The van der Waals surface area contributed by atoms with Crippen molar-refractivity contribution in [1.29, 1.82) is 0 Å². The maximum absolute atomic E-state index is 12.7. The van der Waals surface area contributed by atoms with Gasteiger partial charge in [0.05, 0.1) is 21.2 Å². The van der Waals surface area contributed by atoms with Gasteiger partial charge in [0.1, 0.15) is 0 Å². The lowest BCUT2D eigenvalue weighted by Gasteiger charge is -2.09. The predicted octanol–water partition coefficient (Wildman–Crippen LogP) is 0.796. The molecule has 2 aromatic carbocycles. The molecule has 6 N–H and O–H groups in total. The summed E-state index contributed by atoms with van der Waals surface area (Å²) < 4.78 is 63.6. The number of hydrazine groups is 1. The number of nitrogens with one attached hydrogen (secondary N) is 3. The number of aromatic amines is 1. The van der Waals surface area contributed by atoms with Crippen LogP contribution in [0, 0.1) is 0 Å². The molecule has 1 aromatic heterocycles. The number of anilines is 2. The summed E-state index contributed by atoms with van der Waals surface area (Å²) in [6, 6.07) is 9.23. The molecule has 0 aliphatic carbocycles. The van der Waals surface area contributed by atoms with Gasteiger partial charge in [0.2, 0.25) is 0 Å². The molecule has 1 heterocycles. The van der Waals surface area contributed by atoms with Gasteiger partial charge < -0.3 is 10.5 Å². The highest BCUT2D eigenvalue weighted by molar-refractivity contribution is 7.86. The van der Waals surface area contributed by atoms with Gasteiger partial charge >= 0.3 is 5.97 Å². The molecule has 0 unspecified atom stereocenters. The zero-order valence-electron chi connectivity index (χ0n) is 15.2. The number of aromatic nitrogens is 2. The van der Waals surface area contributed by atoms with Crippen LogP contribution >= 0.6 is 0 Å². The van der Waals surface area contributed by atoms with Crippen molar-refractivity contribution in [2.75, 3.05) is 10.9 Å². The van der Waals surface area contributed by atoms with E-state index in [4.69, 9.17) is 9.11 Å². The van der Waals surface area contributed by atoms with Gasteiger partial charge in [-0.15, -0.1) is 0 Å². The van der Waals surface area contributed by atoms with Crippen LogP contribution in [-0.4, -0.2) is 46.8 Å². The zero-order chi connectivity index (χ0) is 23.0. The molecular weight excluding hydrogens is 456 g/mol. The summed E-state index contributed by atoms with van der Waals surface area (Å²) in [4.78, 5) is 23.4. The lowest BCUT2D eigenvalue weighted by Crippen LogP contribution is -2.21. The standard InChI is InChI=1S/C16H14N4O9S2/c21-15-13(18-17-9-2-1-3-12(8-9)31(27,28)29)14(16(22)23)19-20(15)10-4-6-11(7-5-10)30(24,25)26/h1-8,17-19H,(H,22,23)(H,24,25,26)(H,27,28,29). The minimum Gasteiger partial charge on any atom is -0.476 e. The Bertz CT molecular complexity index is 1420. The van der Waals surface area contributed by atoms with E-state index >= 15 is 0 Å². The number of carboxylic acid groups (broad SMARTS) is 1. The molecule has 0 amide bonds. The highest BCUT2D eigenvalue weighted by Crippen LogP contribution is 2.18. The molecule has 0 radical (unpaired) electrons. The molecule has 0 aliphatic heterocycles. The van der Waals surface area contributed by atoms with Crippen molar-refractivity contribution < 1.29 is 35.8 Å². The first kappa shape index (κ1) is 22.0. The summed E-state index contributed by atoms with van der Waals surface area (Å²) >= 11 is 0. The van der Waals surface area contributed by atoms with Gasteiger partial charge in [-0.1, -0.05) is 6.07 Å². The molecule has 164 valence electrons. The summed E-state index contributed by atoms with van der Waals surface area (Å²) in [6.45, 7) is 0. The van der Waals surface area contributed by atoms with Crippen LogP contribution in [0.15, 0.2) is 63.1 Å². The van der Waals surface area contributed by atoms with Gasteiger partial charge in [0.25, 0.3) is 25.8 Å². The Kier molecular flexibility index (Phi) is 5.60. The molecule has 0 spiro atoms. The van der Waals surface area contributed by atoms with Crippen molar-refractivity contribution in [1.82, 2.24) is 9.78 Å². The van der Waals surface area contributed by atoms with E-state index in [0.29, 0.717) is 0 Å². The van der Waals surface area contributed by atoms with Crippen LogP contribution < -0.4 is 16.4 Å². The van der Waals surface area contributed by atoms with E-state index in [1.165, 1.54) is 24.3 Å². The molecule has 31 heavy (non-hydrogen) atoms. The van der Waals surface area contributed by atoms with Gasteiger partial charge in [-0.2, -0.15) is 16.8 Å². The van der Waals surface area contributed by atoms with Crippen molar-refractivity contribution in [2.45, 2.75) is 9.79 Å². The van der Waals surface area contributed by atoms with Crippen molar-refractivity contribution in [2.24, 2.45) is 0 Å². The first-order valence-corrected chi connectivity index (χ1v) is 11.0. The lowest BCUT2D eigenvalue weighted by atomic mass is 10.3. The van der Waals surface area contributed by atoms with E-state index < -0.39 is 52.9 Å². The first-order valence-electron chi connectivity index (χ1n) is 8.14. The second-order valence-corrected chi connectivity index (χ2v) is 8.87. The van der Waals surface area contributed by atoms with Crippen molar-refractivity contribution >= 4 is 37.6 Å². The average molecular weight is 470 g/mol. The van der Waals surface area contributed by atoms with E-state index in [9.17, 15) is 31.5 Å². The van der Waals surface area contributed by atoms with Gasteiger partial charge in [-0.3, -0.25) is 24.4 Å². The fourth-order valence-electron chi connectivity index (χ4n) is 2.53. The molecule has 0 fully saturated rings. The monoisotopic (exact) mass is 470 g/mol. The quantitative estimate of drug-likeness (QED) is 0.210. The maximum atomic E-state index is 12.7. The number of aromatic carboxylic acids is 1. The van der Waals surface area contributed by atoms with Crippen LogP contribution in [0.2, 0.25) is 0 Å². The molecule has 0 saturated carbocycles. The molecule has 3 aromatic rings. The summed E-state index contributed by atoms with van der Waals surface area (Å²) in [5.41, 5.74) is 3.15. The molecule has 15 heteroatoms. The molecular formula is C16H14N4O9S2. The van der Waals surface area contributed by atoms with Crippen LogP contribution in [0.25, 0.3) is 5.69 Å². The summed E-state index contributed by atoms with van der Waals surface area (Å²) in [6.07, 6.45) is 0. The maximum Gasteiger partial charge on any atom is 0.356 e. The van der Waals surface area contributed by atoms with E-state index in [1.54, 1.807) is 0 Å². The number of benzene rings is 2. The number of hydrogen-bond donors (Lipinski definition) is 6. The largest absolute Gasteiger partial charge is 0.476 e. The predicted molar refractivity (Wildman–Crippen MR) is 107 cm³/mol. The number of carbonyl (C=O) groups is 1. The van der Waals surface area contributed by atoms with E-state index in [0.717, 1.165) is 28.9 Å². The summed E-state index contributed by atoms with van der Waals surface area (Å²) in [5.74, 6) is -1.50. The molecule has 0 atom stereocenters. The number of hydrogen-bond acceptors (Lipinski definition) is 8. The third kappa shape index (κ3) is 4.75. The molecule has 0 saturated heterocycles. The fraction of sp³-hybridized carbons (Fsp3) is 0. The van der Waals surface area contributed by atoms with Crippen molar-refractivity contribution in [3.05, 3.63) is 64.6 Å². The highest BCUT2D eigenvalue weighted by Gasteiger charge is 2.21. The van der Waals surface area contributed by atoms with Crippen LogP contribution in [0.1, 0.15) is 10.5 Å². The van der Waals surface area contributed by atoms with Gasteiger partial charge in [0.15, 0.2) is 11.4 Å². The third-order valence-electron chi connectivity index (χ3n) is 3.96. The Hall–Kier alpha value is -3.66. The van der Waals surface area contributed by atoms with Gasteiger partial charge in [-0.25, -0.2) is 9.48 Å². The lowest BCUT2D eigenvalue weighted by molar-refractivity contribution is 0.0691. The average Bonchev–Trinajstić information content (AvgIpc) is 3.02. The van der Waals surface area contributed by atoms with Crippen LogP contribution in [0.3, 0.4) is 0 Å². The van der Waals surface area contributed by atoms with Crippen molar-refractivity contribution in [3.63, 3.8) is 0 Å². The fourth-order valence-corrected chi connectivity index (χ4v) is 3.53. The Morgan fingerprint density at radius 3 is 2.06 bits per heavy atom. The molecule has 13 nitrogen and oxygen atoms in total. The van der Waals surface area contributed by atoms with Gasteiger partial charge in [-0.05, 0) is 42.5 Å². The second-order valence-electron chi connectivity index (χ2n) is 6.03. The SMILES string of the molecule is O=C(O)c1[nH]n(-c2ccc(S(=O)(=O)O)cc2)c(=O)c1NNc1cccc(S(=O)(=O)O)c1. The summed E-state index contributed by atoms with van der Waals surface area (Å²) in [5, 5.41) is 11.7. The molecule has 0 bridgehead atoms. The Balaban J connectivity index is 1.96. The minimum atomic E-state index is -4.48. The Morgan fingerprint density at radius 1 is 0.903 bits per heavy atom. The Labute approximate surface area is 174 Å². The van der Waals surface area contributed by atoms with E-state index in [2.05, 4.69) is 16.0 Å². The molecule has 0 aliphatic rings. The number of carboxylic acids is 1. The minimum absolute atomic E-state index is 0.0707. The molecule has 3 rings (SSSR count). The number of nitrogens with zero attached hydrogens (tertiary/aromatic N) is 1. The van der Waals surface area contributed by atoms with Crippen molar-refractivity contribution in [3.8, 4) is 5.69 Å². The second kappa shape index (κ2) is 7.88. The third-order valence-corrected chi connectivity index (χ3v) is 5.68.